The van der Waals surface area contributed by atoms with Crippen LogP contribution in [-0.4, -0.2) is 48.5 Å². The Balaban J connectivity index is 1.75. The zero-order valence-corrected chi connectivity index (χ0v) is 16.0. The molecule has 0 saturated heterocycles. The maximum Gasteiger partial charge on any atom is 0.262 e. The van der Waals surface area contributed by atoms with Crippen molar-refractivity contribution in [3.63, 3.8) is 0 Å². The largest absolute Gasteiger partial charge is 0.395 e. The number of hydrogen-bond acceptors (Lipinski definition) is 8. The van der Waals surface area contributed by atoms with E-state index in [1.54, 1.807) is 30.9 Å². The fourth-order valence-corrected chi connectivity index (χ4v) is 3.66. The minimum absolute atomic E-state index is 0.117. The summed E-state index contributed by atoms with van der Waals surface area (Å²) in [4.78, 5) is 25.9. The molecule has 152 valence electrons. The standard InChI is InChI=1S/C20H24N6O3/c27-10-9-26-8-5-13-11-16(24-17-12-21-6-7-22-17)25-19(18(13)20(26)29)23-14-1-3-15(28)4-2-14/h5-8,11-12,14-15,27-28H,1-4,9-10H2,(H2,22,23,24,25)/t14-,15-. The summed E-state index contributed by atoms with van der Waals surface area (Å²) >= 11 is 0. The SMILES string of the molecule is O=c1c2c(N[C@H]3CC[C@H](O)CC3)nc(Nc3cnccn3)cc2ccn1CCO. The van der Waals surface area contributed by atoms with Crippen molar-refractivity contribution in [2.75, 3.05) is 17.2 Å². The number of fused-ring (bicyclic) bond motifs is 1. The Bertz CT molecular complexity index is 1030. The minimum atomic E-state index is -0.260. The fraction of sp³-hybridized carbons (Fsp3) is 0.400. The lowest BCUT2D eigenvalue weighted by Gasteiger charge is -2.27. The van der Waals surface area contributed by atoms with Crippen LogP contribution in [0.15, 0.2) is 41.7 Å². The van der Waals surface area contributed by atoms with E-state index in [9.17, 15) is 15.0 Å². The molecule has 1 aliphatic rings. The molecule has 3 heterocycles. The van der Waals surface area contributed by atoms with E-state index in [1.165, 1.54) is 4.57 Å². The Labute approximate surface area is 167 Å². The van der Waals surface area contributed by atoms with E-state index in [1.807, 2.05) is 6.07 Å². The molecule has 4 N–H and O–H groups in total. The molecular weight excluding hydrogens is 372 g/mol. The first-order chi connectivity index (χ1) is 14.1. The third-order valence-electron chi connectivity index (χ3n) is 5.16. The van der Waals surface area contributed by atoms with Gasteiger partial charge in [0.15, 0.2) is 0 Å². The predicted molar refractivity (Wildman–Crippen MR) is 110 cm³/mol. The first-order valence-electron chi connectivity index (χ1n) is 9.77. The topological polar surface area (TPSA) is 125 Å². The van der Waals surface area contributed by atoms with Gasteiger partial charge in [0.2, 0.25) is 0 Å². The molecule has 0 amide bonds. The molecule has 0 aliphatic heterocycles. The molecule has 0 unspecified atom stereocenters. The second kappa shape index (κ2) is 8.54. The highest BCUT2D eigenvalue weighted by Gasteiger charge is 2.21. The summed E-state index contributed by atoms with van der Waals surface area (Å²) in [5.41, 5.74) is -0.201. The molecule has 0 radical (unpaired) electrons. The van der Waals surface area contributed by atoms with E-state index in [4.69, 9.17) is 0 Å². The van der Waals surface area contributed by atoms with Crippen molar-refractivity contribution in [1.82, 2.24) is 19.5 Å². The van der Waals surface area contributed by atoms with Gasteiger partial charge in [-0.05, 0) is 43.2 Å². The van der Waals surface area contributed by atoms with Crippen LogP contribution in [0, 0.1) is 0 Å². The number of nitrogens with one attached hydrogen (secondary N) is 2. The summed E-state index contributed by atoms with van der Waals surface area (Å²) in [6.07, 6.45) is 9.26. The number of aromatic nitrogens is 4. The van der Waals surface area contributed by atoms with Crippen molar-refractivity contribution in [3.05, 3.63) is 47.3 Å². The highest BCUT2D eigenvalue weighted by atomic mass is 16.3. The molecule has 1 saturated carbocycles. The lowest BCUT2D eigenvalue weighted by atomic mass is 9.93. The van der Waals surface area contributed by atoms with Crippen molar-refractivity contribution in [2.45, 2.75) is 44.4 Å². The Kier molecular flexibility index (Phi) is 5.68. The van der Waals surface area contributed by atoms with Crippen LogP contribution < -0.4 is 16.2 Å². The summed E-state index contributed by atoms with van der Waals surface area (Å²) in [5.74, 6) is 1.60. The number of aliphatic hydroxyl groups excluding tert-OH is 2. The van der Waals surface area contributed by atoms with Gasteiger partial charge in [-0.2, -0.15) is 0 Å². The van der Waals surface area contributed by atoms with E-state index in [0.717, 1.165) is 31.1 Å². The van der Waals surface area contributed by atoms with Crippen LogP contribution in [0.3, 0.4) is 0 Å². The second-order valence-corrected chi connectivity index (χ2v) is 7.22. The molecule has 9 nitrogen and oxygen atoms in total. The summed E-state index contributed by atoms with van der Waals surface area (Å²) in [6.45, 7) is 0.109. The van der Waals surface area contributed by atoms with Gasteiger partial charge in [-0.3, -0.25) is 9.78 Å². The third-order valence-corrected chi connectivity index (χ3v) is 5.16. The summed E-state index contributed by atoms with van der Waals surface area (Å²) < 4.78 is 1.48. The monoisotopic (exact) mass is 396 g/mol. The average Bonchev–Trinajstić information content (AvgIpc) is 2.72. The molecular formula is C20H24N6O3. The van der Waals surface area contributed by atoms with Crippen molar-refractivity contribution in [2.24, 2.45) is 0 Å². The van der Waals surface area contributed by atoms with Crippen LogP contribution in [-0.2, 0) is 6.54 Å². The zero-order chi connectivity index (χ0) is 20.2. The van der Waals surface area contributed by atoms with Crippen LogP contribution in [0.4, 0.5) is 17.5 Å². The summed E-state index contributed by atoms with van der Waals surface area (Å²) in [5, 5.41) is 26.8. The molecule has 4 rings (SSSR count). The average molecular weight is 396 g/mol. The molecule has 3 aromatic heterocycles. The summed E-state index contributed by atoms with van der Waals surface area (Å²) in [6, 6.07) is 3.77. The van der Waals surface area contributed by atoms with Gasteiger partial charge < -0.3 is 25.4 Å². The van der Waals surface area contributed by atoms with Gasteiger partial charge in [0, 0.05) is 31.2 Å². The molecule has 0 bridgehead atoms. The fourth-order valence-electron chi connectivity index (χ4n) is 3.66. The second-order valence-electron chi connectivity index (χ2n) is 7.22. The molecule has 1 aliphatic carbocycles. The highest BCUT2D eigenvalue weighted by Crippen LogP contribution is 2.27. The molecule has 0 atom stereocenters. The molecule has 9 heteroatoms. The normalized spacial score (nSPS) is 19.2. The number of hydrogen-bond donors (Lipinski definition) is 4. The first kappa shape index (κ1) is 19.3. The van der Waals surface area contributed by atoms with Crippen LogP contribution >= 0.6 is 0 Å². The van der Waals surface area contributed by atoms with Gasteiger partial charge in [0.1, 0.15) is 17.5 Å². The lowest BCUT2D eigenvalue weighted by molar-refractivity contribution is 0.126. The Morgan fingerprint density at radius 3 is 2.72 bits per heavy atom. The number of anilines is 3. The van der Waals surface area contributed by atoms with Crippen molar-refractivity contribution in [1.29, 1.82) is 0 Å². The van der Waals surface area contributed by atoms with Gasteiger partial charge >= 0.3 is 0 Å². The van der Waals surface area contributed by atoms with Gasteiger partial charge in [0.25, 0.3) is 5.56 Å². The highest BCUT2D eigenvalue weighted by molar-refractivity contribution is 5.93. The summed E-state index contributed by atoms with van der Waals surface area (Å²) in [7, 11) is 0. The predicted octanol–water partition coefficient (Wildman–Crippen LogP) is 1.64. The van der Waals surface area contributed by atoms with E-state index < -0.39 is 0 Å². The van der Waals surface area contributed by atoms with Crippen molar-refractivity contribution in [3.8, 4) is 0 Å². The third kappa shape index (κ3) is 4.36. The number of aliphatic hydroxyl groups is 2. The quantitative estimate of drug-likeness (QED) is 0.496. The van der Waals surface area contributed by atoms with Crippen LogP contribution in [0.2, 0.25) is 0 Å². The number of rotatable bonds is 6. The molecule has 0 aromatic carbocycles. The van der Waals surface area contributed by atoms with Crippen LogP contribution in [0.1, 0.15) is 25.7 Å². The Hall–Kier alpha value is -3.04. The Morgan fingerprint density at radius 2 is 2.00 bits per heavy atom. The van der Waals surface area contributed by atoms with Gasteiger partial charge in [0.05, 0.1) is 24.3 Å². The van der Waals surface area contributed by atoms with E-state index in [2.05, 4.69) is 25.6 Å². The van der Waals surface area contributed by atoms with Crippen LogP contribution in [0.5, 0.6) is 0 Å². The molecule has 0 spiro atoms. The van der Waals surface area contributed by atoms with E-state index in [0.29, 0.717) is 22.8 Å². The molecule has 3 aromatic rings. The smallest absolute Gasteiger partial charge is 0.262 e. The van der Waals surface area contributed by atoms with Gasteiger partial charge in [-0.15, -0.1) is 0 Å². The lowest BCUT2D eigenvalue weighted by Crippen LogP contribution is -2.30. The van der Waals surface area contributed by atoms with Gasteiger partial charge in [-0.1, -0.05) is 0 Å². The first-order valence-corrected chi connectivity index (χ1v) is 9.77. The maximum atomic E-state index is 13.0. The van der Waals surface area contributed by atoms with E-state index in [-0.39, 0.29) is 30.9 Å². The molecule has 29 heavy (non-hydrogen) atoms. The van der Waals surface area contributed by atoms with Gasteiger partial charge in [-0.25, -0.2) is 9.97 Å². The van der Waals surface area contributed by atoms with E-state index >= 15 is 0 Å². The maximum absolute atomic E-state index is 13.0. The number of nitrogens with zero attached hydrogens (tertiary/aromatic N) is 4. The number of pyridine rings is 2. The Morgan fingerprint density at radius 1 is 1.17 bits per heavy atom. The zero-order valence-electron chi connectivity index (χ0n) is 16.0. The van der Waals surface area contributed by atoms with Crippen molar-refractivity contribution >= 4 is 28.2 Å². The minimum Gasteiger partial charge on any atom is -0.395 e. The van der Waals surface area contributed by atoms with Crippen molar-refractivity contribution < 1.29 is 10.2 Å². The molecule has 1 fully saturated rings. The van der Waals surface area contributed by atoms with Crippen LogP contribution in [0.25, 0.3) is 10.8 Å².